The summed E-state index contributed by atoms with van der Waals surface area (Å²) in [4.78, 5) is 2.35. The lowest BCUT2D eigenvalue weighted by molar-refractivity contribution is -0.00331. The summed E-state index contributed by atoms with van der Waals surface area (Å²) in [7, 11) is 2.15. The van der Waals surface area contributed by atoms with Gasteiger partial charge in [0.05, 0.1) is 6.10 Å². The zero-order valence-corrected chi connectivity index (χ0v) is 14.3. The van der Waals surface area contributed by atoms with E-state index in [1.165, 1.54) is 12.0 Å². The number of hydrogen-bond donors (Lipinski definition) is 1. The van der Waals surface area contributed by atoms with E-state index in [2.05, 4.69) is 44.9 Å². The zero-order chi connectivity index (χ0) is 15.6. The highest BCUT2D eigenvalue weighted by Crippen LogP contribution is 2.35. The lowest BCUT2D eigenvalue weighted by Crippen LogP contribution is -2.42. The molecule has 0 spiro atoms. The fourth-order valence-corrected chi connectivity index (χ4v) is 3.79. The molecule has 0 heterocycles. The van der Waals surface area contributed by atoms with Crippen LogP contribution in [-0.4, -0.2) is 29.7 Å². The van der Waals surface area contributed by atoms with E-state index in [1.54, 1.807) is 0 Å². The normalized spacial score (nSPS) is 31.4. The first-order valence-corrected chi connectivity index (χ1v) is 8.40. The van der Waals surface area contributed by atoms with Crippen LogP contribution in [-0.2, 0) is 0 Å². The Morgan fingerprint density at radius 1 is 1.24 bits per heavy atom. The van der Waals surface area contributed by atoms with E-state index in [0.717, 1.165) is 18.0 Å². The molecule has 5 unspecified atom stereocenters. The van der Waals surface area contributed by atoms with Crippen molar-refractivity contribution in [2.75, 3.05) is 13.6 Å². The van der Waals surface area contributed by atoms with Crippen LogP contribution in [0.1, 0.15) is 45.2 Å². The van der Waals surface area contributed by atoms with Gasteiger partial charge < -0.3 is 5.11 Å². The van der Waals surface area contributed by atoms with Gasteiger partial charge in [-0.15, -0.1) is 0 Å². The van der Waals surface area contributed by atoms with E-state index in [4.69, 9.17) is 11.6 Å². The van der Waals surface area contributed by atoms with Gasteiger partial charge in [0.25, 0.3) is 0 Å². The van der Waals surface area contributed by atoms with Crippen LogP contribution in [0.2, 0.25) is 5.02 Å². The number of aliphatic hydroxyl groups is 1. The highest BCUT2D eigenvalue weighted by Gasteiger charge is 2.34. The Bertz CT molecular complexity index is 435. The Balaban J connectivity index is 1.99. The molecule has 2 rings (SSSR count). The zero-order valence-electron chi connectivity index (χ0n) is 13.6. The molecule has 2 nitrogen and oxygen atoms in total. The Kier molecular flexibility index (Phi) is 5.70. The summed E-state index contributed by atoms with van der Waals surface area (Å²) in [6, 6.07) is 8.40. The average Bonchev–Trinajstić information content (AvgIpc) is 2.42. The van der Waals surface area contributed by atoms with Gasteiger partial charge in [-0.25, -0.2) is 0 Å². The molecule has 1 fully saturated rings. The summed E-state index contributed by atoms with van der Waals surface area (Å²) < 4.78 is 0. The van der Waals surface area contributed by atoms with Crippen molar-refractivity contribution in [1.29, 1.82) is 0 Å². The van der Waals surface area contributed by atoms with E-state index < -0.39 is 0 Å². The molecule has 1 aliphatic rings. The number of aliphatic hydroxyl groups excluding tert-OH is 1. The van der Waals surface area contributed by atoms with Crippen LogP contribution < -0.4 is 0 Å². The molecule has 1 saturated carbocycles. The maximum Gasteiger partial charge on any atom is 0.0585 e. The number of rotatable bonds is 4. The van der Waals surface area contributed by atoms with Crippen molar-refractivity contribution in [1.82, 2.24) is 4.90 Å². The standard InChI is InChI=1S/C18H28ClNO/c1-12-9-13(2)17(18(21)10-12)11-20(4)14(3)15-5-7-16(19)8-6-15/h5-8,12-14,17-18,21H,9-11H2,1-4H3. The third-order valence-electron chi connectivity index (χ3n) is 5.16. The summed E-state index contributed by atoms with van der Waals surface area (Å²) in [5, 5.41) is 11.2. The van der Waals surface area contributed by atoms with Gasteiger partial charge in [0.2, 0.25) is 0 Å². The molecule has 1 aliphatic carbocycles. The van der Waals surface area contributed by atoms with Gasteiger partial charge in [-0.1, -0.05) is 37.6 Å². The number of benzene rings is 1. The van der Waals surface area contributed by atoms with Gasteiger partial charge >= 0.3 is 0 Å². The summed E-state index contributed by atoms with van der Waals surface area (Å²) in [5.41, 5.74) is 1.27. The lowest BCUT2D eigenvalue weighted by atomic mass is 9.73. The molecule has 0 bridgehead atoms. The molecule has 1 aromatic rings. The van der Waals surface area contributed by atoms with Gasteiger partial charge in [-0.05, 0) is 56.3 Å². The lowest BCUT2D eigenvalue weighted by Gasteiger charge is -2.40. The predicted molar refractivity (Wildman–Crippen MR) is 89.6 cm³/mol. The monoisotopic (exact) mass is 309 g/mol. The van der Waals surface area contributed by atoms with Crippen LogP contribution in [0, 0.1) is 17.8 Å². The second-order valence-corrected chi connectivity index (χ2v) is 7.39. The Labute approximate surface area is 134 Å². The molecule has 118 valence electrons. The second kappa shape index (κ2) is 7.13. The van der Waals surface area contributed by atoms with Crippen molar-refractivity contribution >= 4 is 11.6 Å². The van der Waals surface area contributed by atoms with Crippen molar-refractivity contribution in [2.24, 2.45) is 17.8 Å². The molecule has 21 heavy (non-hydrogen) atoms. The molecule has 3 heteroatoms. The molecule has 1 aromatic carbocycles. The van der Waals surface area contributed by atoms with Gasteiger partial charge in [0.15, 0.2) is 0 Å². The van der Waals surface area contributed by atoms with Crippen LogP contribution in [0.25, 0.3) is 0 Å². The number of hydrogen-bond acceptors (Lipinski definition) is 2. The summed E-state index contributed by atoms with van der Waals surface area (Å²) >= 11 is 5.96. The van der Waals surface area contributed by atoms with Gasteiger partial charge in [0.1, 0.15) is 0 Å². The van der Waals surface area contributed by atoms with E-state index >= 15 is 0 Å². The van der Waals surface area contributed by atoms with Crippen molar-refractivity contribution in [3.63, 3.8) is 0 Å². The maximum atomic E-state index is 10.4. The van der Waals surface area contributed by atoms with Crippen LogP contribution >= 0.6 is 11.6 Å². The summed E-state index contributed by atoms with van der Waals surface area (Å²) in [5.74, 6) is 1.61. The van der Waals surface area contributed by atoms with Crippen LogP contribution in [0.15, 0.2) is 24.3 Å². The molecular weight excluding hydrogens is 282 g/mol. The first kappa shape index (κ1) is 16.8. The van der Waals surface area contributed by atoms with Gasteiger partial charge in [0, 0.05) is 23.5 Å². The van der Waals surface area contributed by atoms with Crippen molar-refractivity contribution in [3.05, 3.63) is 34.9 Å². The third kappa shape index (κ3) is 4.21. The minimum absolute atomic E-state index is 0.163. The first-order valence-electron chi connectivity index (χ1n) is 8.02. The summed E-state index contributed by atoms with van der Waals surface area (Å²) in [6.07, 6.45) is 2.01. The Morgan fingerprint density at radius 2 is 1.86 bits per heavy atom. The smallest absolute Gasteiger partial charge is 0.0585 e. The van der Waals surface area contributed by atoms with E-state index in [-0.39, 0.29) is 6.10 Å². The molecular formula is C18H28ClNO. The van der Waals surface area contributed by atoms with Crippen LogP contribution in [0.3, 0.4) is 0 Å². The topological polar surface area (TPSA) is 23.5 Å². The molecule has 0 aliphatic heterocycles. The minimum atomic E-state index is -0.163. The molecule has 0 amide bonds. The van der Waals surface area contributed by atoms with Crippen LogP contribution in [0.5, 0.6) is 0 Å². The highest BCUT2D eigenvalue weighted by molar-refractivity contribution is 6.30. The van der Waals surface area contributed by atoms with Crippen molar-refractivity contribution in [2.45, 2.75) is 45.8 Å². The fraction of sp³-hybridized carbons (Fsp3) is 0.667. The summed E-state index contributed by atoms with van der Waals surface area (Å²) in [6.45, 7) is 7.69. The molecule has 1 N–H and O–H groups in total. The number of nitrogens with zero attached hydrogens (tertiary/aromatic N) is 1. The predicted octanol–water partition coefficient (Wildman–Crippen LogP) is 4.38. The minimum Gasteiger partial charge on any atom is -0.393 e. The van der Waals surface area contributed by atoms with Crippen LogP contribution in [0.4, 0.5) is 0 Å². The van der Waals surface area contributed by atoms with Gasteiger partial charge in [-0.2, -0.15) is 0 Å². The van der Waals surface area contributed by atoms with E-state index in [0.29, 0.717) is 23.8 Å². The molecule has 5 atom stereocenters. The second-order valence-electron chi connectivity index (χ2n) is 6.95. The quantitative estimate of drug-likeness (QED) is 0.892. The Morgan fingerprint density at radius 3 is 2.43 bits per heavy atom. The third-order valence-corrected chi connectivity index (χ3v) is 5.41. The van der Waals surface area contributed by atoms with Gasteiger partial charge in [-0.3, -0.25) is 4.90 Å². The Hall–Kier alpha value is -0.570. The number of halogens is 1. The maximum absolute atomic E-state index is 10.4. The molecule has 0 aromatic heterocycles. The van der Waals surface area contributed by atoms with E-state index in [9.17, 15) is 5.11 Å². The molecule has 0 radical (unpaired) electrons. The largest absolute Gasteiger partial charge is 0.393 e. The highest BCUT2D eigenvalue weighted by atomic mass is 35.5. The first-order chi connectivity index (χ1) is 9.88. The fourth-order valence-electron chi connectivity index (χ4n) is 3.66. The van der Waals surface area contributed by atoms with Crippen molar-refractivity contribution in [3.8, 4) is 0 Å². The van der Waals surface area contributed by atoms with Crippen molar-refractivity contribution < 1.29 is 5.11 Å². The average molecular weight is 310 g/mol. The SMILES string of the molecule is CC1CC(C)C(CN(C)C(C)c2ccc(Cl)cc2)C(O)C1. The van der Waals surface area contributed by atoms with E-state index in [1.807, 2.05) is 12.1 Å². The molecule has 0 saturated heterocycles.